The van der Waals surface area contributed by atoms with E-state index in [-0.39, 0.29) is 11.9 Å². The van der Waals surface area contributed by atoms with E-state index in [4.69, 9.17) is 16.6 Å². The first-order valence-electron chi connectivity index (χ1n) is 9.67. The largest absolute Gasteiger partial charge is 0.280 e. The molecule has 0 N–H and O–H groups in total. The molecule has 154 valence electrons. The van der Waals surface area contributed by atoms with Gasteiger partial charge in [0.05, 0.1) is 21.8 Å². The molecule has 30 heavy (non-hydrogen) atoms. The molecule has 0 atom stereocenters. The van der Waals surface area contributed by atoms with Gasteiger partial charge in [-0.25, -0.2) is 4.98 Å². The van der Waals surface area contributed by atoms with Crippen molar-refractivity contribution in [3.8, 4) is 0 Å². The van der Waals surface area contributed by atoms with Crippen LogP contribution in [0.5, 0.6) is 0 Å². The van der Waals surface area contributed by atoms with Crippen molar-refractivity contribution < 1.29 is 4.79 Å². The topological polar surface area (TPSA) is 63.9 Å². The van der Waals surface area contributed by atoms with Gasteiger partial charge in [-0.05, 0) is 57.0 Å². The van der Waals surface area contributed by atoms with Crippen LogP contribution in [0, 0.1) is 13.8 Å². The highest BCUT2D eigenvalue weighted by molar-refractivity contribution is 7.23. The van der Waals surface area contributed by atoms with Gasteiger partial charge in [0, 0.05) is 24.1 Å². The predicted molar refractivity (Wildman–Crippen MR) is 121 cm³/mol. The number of fused-ring (bicyclic) bond motifs is 1. The van der Waals surface area contributed by atoms with E-state index in [1.807, 2.05) is 62.7 Å². The minimum atomic E-state index is -0.200. The van der Waals surface area contributed by atoms with Gasteiger partial charge in [0.2, 0.25) is 0 Å². The third-order valence-corrected chi connectivity index (χ3v) is 6.39. The molecule has 0 aliphatic heterocycles. The summed E-state index contributed by atoms with van der Waals surface area (Å²) in [4.78, 5) is 24.1. The first-order valence-corrected chi connectivity index (χ1v) is 10.9. The normalized spacial score (nSPS) is 11.4. The van der Waals surface area contributed by atoms with Crippen molar-refractivity contribution in [3.63, 3.8) is 0 Å². The summed E-state index contributed by atoms with van der Waals surface area (Å²) < 4.78 is 2.73. The van der Waals surface area contributed by atoms with Crippen LogP contribution in [0.15, 0.2) is 42.7 Å². The molecule has 0 bridgehead atoms. The smallest absolute Gasteiger partial charge is 0.278 e. The lowest BCUT2D eigenvalue weighted by Crippen LogP contribution is -2.31. The zero-order valence-electron chi connectivity index (χ0n) is 17.3. The van der Waals surface area contributed by atoms with E-state index in [0.717, 1.165) is 27.0 Å². The number of halogens is 1. The number of aryl methyl sites for hydroxylation is 2. The maximum atomic E-state index is 13.5. The second kappa shape index (κ2) is 8.16. The Bertz CT molecular complexity index is 1180. The zero-order valence-corrected chi connectivity index (χ0v) is 18.8. The third-order valence-electron chi connectivity index (χ3n) is 4.86. The van der Waals surface area contributed by atoms with Crippen LogP contribution in [0.4, 0.5) is 5.13 Å². The maximum Gasteiger partial charge on any atom is 0.280 e. The number of thiazole rings is 1. The van der Waals surface area contributed by atoms with Crippen molar-refractivity contribution in [2.45, 2.75) is 40.3 Å². The first kappa shape index (κ1) is 20.5. The van der Waals surface area contributed by atoms with Crippen LogP contribution in [-0.2, 0) is 6.54 Å². The third kappa shape index (κ3) is 3.82. The van der Waals surface area contributed by atoms with Gasteiger partial charge in [0.15, 0.2) is 10.8 Å². The van der Waals surface area contributed by atoms with E-state index in [1.54, 1.807) is 17.3 Å². The number of rotatable bonds is 5. The van der Waals surface area contributed by atoms with E-state index in [9.17, 15) is 4.79 Å². The monoisotopic (exact) mass is 439 g/mol. The standard InChI is InChI=1S/C22H22ClN5OS/c1-13(2)28-15(4)10-18(26-28)21(29)27(12-16-6-5-9-24-11-16)22-25-19-14(3)7-8-17(23)20(19)30-22/h5-11,13H,12H2,1-4H3. The number of aromatic nitrogens is 4. The number of hydrogen-bond donors (Lipinski definition) is 0. The molecule has 0 spiro atoms. The summed E-state index contributed by atoms with van der Waals surface area (Å²) in [6.07, 6.45) is 3.47. The second-order valence-electron chi connectivity index (χ2n) is 7.50. The highest BCUT2D eigenvalue weighted by Crippen LogP contribution is 2.36. The van der Waals surface area contributed by atoms with Crippen LogP contribution in [0.1, 0.15) is 47.2 Å². The van der Waals surface area contributed by atoms with Crippen LogP contribution in [-0.4, -0.2) is 25.7 Å². The highest BCUT2D eigenvalue weighted by Gasteiger charge is 2.25. The van der Waals surface area contributed by atoms with E-state index in [2.05, 4.69) is 10.1 Å². The van der Waals surface area contributed by atoms with Crippen LogP contribution in [0.2, 0.25) is 5.02 Å². The zero-order chi connectivity index (χ0) is 21.4. The van der Waals surface area contributed by atoms with Crippen molar-refractivity contribution >= 4 is 44.2 Å². The molecule has 0 fully saturated rings. The Hall–Kier alpha value is -2.77. The van der Waals surface area contributed by atoms with Gasteiger partial charge in [-0.15, -0.1) is 0 Å². The van der Waals surface area contributed by atoms with Gasteiger partial charge in [-0.2, -0.15) is 5.10 Å². The molecule has 0 aliphatic rings. The molecule has 3 aromatic heterocycles. The Balaban J connectivity index is 1.81. The summed E-state index contributed by atoms with van der Waals surface area (Å²) in [5, 5.41) is 5.77. The molecule has 8 heteroatoms. The molecule has 3 heterocycles. The average molecular weight is 440 g/mol. The SMILES string of the molecule is Cc1ccc(Cl)c2sc(N(Cc3cccnc3)C(=O)c3cc(C)n(C(C)C)n3)nc12. The van der Waals surface area contributed by atoms with Gasteiger partial charge < -0.3 is 0 Å². The molecular weight excluding hydrogens is 418 g/mol. The molecule has 1 amide bonds. The van der Waals surface area contributed by atoms with Crippen LogP contribution in [0.3, 0.4) is 0 Å². The summed E-state index contributed by atoms with van der Waals surface area (Å²) >= 11 is 7.82. The second-order valence-corrected chi connectivity index (χ2v) is 8.89. The van der Waals surface area contributed by atoms with E-state index in [1.165, 1.54) is 11.3 Å². The highest BCUT2D eigenvalue weighted by atomic mass is 35.5. The summed E-state index contributed by atoms with van der Waals surface area (Å²) in [7, 11) is 0. The molecular formula is C22H22ClN5OS. The lowest BCUT2D eigenvalue weighted by atomic mass is 10.2. The van der Waals surface area contributed by atoms with E-state index >= 15 is 0 Å². The molecule has 1 aromatic carbocycles. The van der Waals surface area contributed by atoms with Crippen molar-refractivity contribution in [3.05, 3.63) is 70.3 Å². The lowest BCUT2D eigenvalue weighted by molar-refractivity contribution is 0.0979. The van der Waals surface area contributed by atoms with Crippen LogP contribution >= 0.6 is 22.9 Å². The number of hydrogen-bond acceptors (Lipinski definition) is 5. The molecule has 0 radical (unpaired) electrons. The van der Waals surface area contributed by atoms with E-state index < -0.39 is 0 Å². The average Bonchev–Trinajstić information content (AvgIpc) is 3.34. The van der Waals surface area contributed by atoms with Crippen molar-refractivity contribution in [2.75, 3.05) is 4.90 Å². The van der Waals surface area contributed by atoms with Gasteiger partial charge in [0.25, 0.3) is 5.91 Å². The summed E-state index contributed by atoms with van der Waals surface area (Å²) in [5.74, 6) is -0.200. The van der Waals surface area contributed by atoms with Crippen LogP contribution < -0.4 is 4.90 Å². The minimum Gasteiger partial charge on any atom is -0.278 e. The Kier molecular flexibility index (Phi) is 5.58. The Morgan fingerprint density at radius 2 is 2.07 bits per heavy atom. The minimum absolute atomic E-state index is 0.169. The molecule has 4 aromatic rings. The molecule has 0 saturated carbocycles. The van der Waals surface area contributed by atoms with E-state index in [0.29, 0.717) is 22.4 Å². The maximum absolute atomic E-state index is 13.5. The van der Waals surface area contributed by atoms with Gasteiger partial charge in [-0.1, -0.05) is 35.1 Å². The summed E-state index contributed by atoms with van der Waals surface area (Å²) in [5.41, 5.74) is 4.08. The number of anilines is 1. The van der Waals surface area contributed by atoms with Crippen molar-refractivity contribution in [1.82, 2.24) is 19.7 Å². The summed E-state index contributed by atoms with van der Waals surface area (Å²) in [6, 6.07) is 9.59. The number of carbonyl (C=O) groups excluding carboxylic acids is 1. The van der Waals surface area contributed by atoms with Crippen LogP contribution in [0.25, 0.3) is 10.2 Å². The molecule has 0 saturated heterocycles. The number of pyridine rings is 1. The fraction of sp³-hybridized carbons (Fsp3) is 0.273. The first-order chi connectivity index (χ1) is 14.3. The molecule has 0 unspecified atom stereocenters. The van der Waals surface area contributed by atoms with Crippen molar-refractivity contribution in [2.24, 2.45) is 0 Å². The number of carbonyl (C=O) groups is 1. The van der Waals surface area contributed by atoms with Gasteiger partial charge in [-0.3, -0.25) is 19.4 Å². The quantitative estimate of drug-likeness (QED) is 0.406. The van der Waals surface area contributed by atoms with Gasteiger partial charge in [0.1, 0.15) is 0 Å². The Labute approximate surface area is 184 Å². The molecule has 4 rings (SSSR count). The predicted octanol–water partition coefficient (Wildman–Crippen LogP) is 5.59. The fourth-order valence-electron chi connectivity index (χ4n) is 3.36. The summed E-state index contributed by atoms with van der Waals surface area (Å²) in [6.45, 7) is 8.37. The number of amides is 1. The Morgan fingerprint density at radius 1 is 1.27 bits per heavy atom. The van der Waals surface area contributed by atoms with Crippen molar-refractivity contribution in [1.29, 1.82) is 0 Å². The molecule has 6 nitrogen and oxygen atoms in total. The number of nitrogens with zero attached hydrogens (tertiary/aromatic N) is 5. The fourth-order valence-corrected chi connectivity index (χ4v) is 4.67. The van der Waals surface area contributed by atoms with Gasteiger partial charge >= 0.3 is 0 Å². The molecule has 0 aliphatic carbocycles. The number of benzene rings is 1. The Morgan fingerprint density at radius 3 is 2.70 bits per heavy atom. The lowest BCUT2D eigenvalue weighted by Gasteiger charge is -2.18.